The SMILES string of the molecule is C=C(CCCC1CCC2C3CCC4CCCCC4(C)C3CCC12C)OC(C)(C)C.O=C(O)NCC(=O)OCc1ccccc1. The molecule has 0 bridgehead atoms. The summed E-state index contributed by atoms with van der Waals surface area (Å²) in [7, 11) is 0. The lowest BCUT2D eigenvalue weighted by atomic mass is 9.45. The molecule has 246 valence electrons. The fourth-order valence-electron chi connectivity index (χ4n) is 9.84. The van der Waals surface area contributed by atoms with Gasteiger partial charge in [-0.2, -0.15) is 0 Å². The molecule has 4 aliphatic rings. The second kappa shape index (κ2) is 14.7. The Hall–Kier alpha value is -2.50. The highest BCUT2D eigenvalue weighted by molar-refractivity contribution is 5.76. The Balaban J connectivity index is 0.000000249. The largest absolute Gasteiger partial charge is 0.493 e. The molecule has 1 aromatic rings. The van der Waals surface area contributed by atoms with Gasteiger partial charge in [-0.25, -0.2) is 4.79 Å². The smallest absolute Gasteiger partial charge is 0.405 e. The van der Waals surface area contributed by atoms with Crippen molar-refractivity contribution >= 4 is 12.1 Å². The van der Waals surface area contributed by atoms with E-state index in [2.05, 4.69) is 41.2 Å². The van der Waals surface area contributed by atoms with E-state index in [-0.39, 0.29) is 18.8 Å². The molecular weight excluding hydrogens is 550 g/mol. The second-order valence-electron chi connectivity index (χ2n) is 15.7. The third kappa shape index (κ3) is 8.60. The maximum absolute atomic E-state index is 11.0. The topological polar surface area (TPSA) is 84.9 Å². The number of fused-ring (bicyclic) bond motifs is 5. The van der Waals surface area contributed by atoms with E-state index in [1.807, 2.05) is 35.6 Å². The molecule has 0 spiro atoms. The van der Waals surface area contributed by atoms with Crippen LogP contribution in [0.25, 0.3) is 0 Å². The van der Waals surface area contributed by atoms with E-state index in [1.54, 1.807) is 12.8 Å². The molecule has 4 fully saturated rings. The van der Waals surface area contributed by atoms with Gasteiger partial charge in [-0.3, -0.25) is 4.79 Å². The maximum atomic E-state index is 11.0. The van der Waals surface area contributed by atoms with Gasteiger partial charge in [-0.05, 0) is 131 Å². The average Bonchev–Trinajstić information content (AvgIpc) is 3.30. The molecule has 0 radical (unpaired) electrons. The van der Waals surface area contributed by atoms with Crippen LogP contribution in [0.3, 0.4) is 0 Å². The summed E-state index contributed by atoms with van der Waals surface area (Å²) in [5.74, 6) is 5.47. The summed E-state index contributed by atoms with van der Waals surface area (Å²) < 4.78 is 10.8. The third-order valence-electron chi connectivity index (χ3n) is 11.9. The molecule has 1 aromatic carbocycles. The molecule has 7 unspecified atom stereocenters. The maximum Gasteiger partial charge on any atom is 0.405 e. The van der Waals surface area contributed by atoms with Gasteiger partial charge in [0.25, 0.3) is 0 Å². The van der Waals surface area contributed by atoms with E-state index in [0.29, 0.717) is 10.8 Å². The number of rotatable bonds is 9. The van der Waals surface area contributed by atoms with Crippen LogP contribution in [-0.4, -0.2) is 29.3 Å². The molecule has 0 aromatic heterocycles. The first-order valence-corrected chi connectivity index (χ1v) is 17.3. The minimum Gasteiger partial charge on any atom is -0.493 e. The van der Waals surface area contributed by atoms with Crippen molar-refractivity contribution in [1.29, 1.82) is 0 Å². The van der Waals surface area contributed by atoms with Crippen LogP contribution in [0.2, 0.25) is 0 Å². The molecule has 4 saturated carbocycles. The number of benzene rings is 1. The minimum absolute atomic E-state index is 0.103. The highest BCUT2D eigenvalue weighted by Crippen LogP contribution is 2.67. The predicted molar refractivity (Wildman–Crippen MR) is 176 cm³/mol. The highest BCUT2D eigenvalue weighted by Gasteiger charge is 2.59. The molecule has 5 rings (SSSR count). The first-order chi connectivity index (χ1) is 20.8. The van der Waals surface area contributed by atoms with Gasteiger partial charge in [0, 0.05) is 6.42 Å². The number of hydrogen-bond donors (Lipinski definition) is 2. The van der Waals surface area contributed by atoms with Gasteiger partial charge >= 0.3 is 12.1 Å². The Kier molecular flexibility index (Phi) is 11.5. The van der Waals surface area contributed by atoms with Crippen LogP contribution in [-0.2, 0) is 20.9 Å². The second-order valence-corrected chi connectivity index (χ2v) is 15.7. The van der Waals surface area contributed by atoms with Crippen molar-refractivity contribution in [3.63, 3.8) is 0 Å². The molecule has 7 atom stereocenters. The summed E-state index contributed by atoms with van der Waals surface area (Å²) in [5.41, 5.74) is 2.06. The van der Waals surface area contributed by atoms with E-state index in [9.17, 15) is 9.59 Å². The molecule has 4 aliphatic carbocycles. The van der Waals surface area contributed by atoms with Crippen molar-refractivity contribution in [2.45, 2.75) is 130 Å². The fourth-order valence-corrected chi connectivity index (χ4v) is 9.84. The number of amides is 1. The van der Waals surface area contributed by atoms with Gasteiger partial charge in [-0.1, -0.05) is 63.6 Å². The quantitative estimate of drug-likeness (QED) is 0.215. The van der Waals surface area contributed by atoms with Crippen LogP contribution in [0.5, 0.6) is 0 Å². The van der Waals surface area contributed by atoms with Gasteiger partial charge in [-0.15, -0.1) is 0 Å². The van der Waals surface area contributed by atoms with E-state index in [4.69, 9.17) is 14.6 Å². The molecule has 2 N–H and O–H groups in total. The van der Waals surface area contributed by atoms with Crippen molar-refractivity contribution < 1.29 is 24.2 Å². The molecule has 6 heteroatoms. The Morgan fingerprint density at radius 2 is 1.68 bits per heavy atom. The number of carboxylic acid groups (broad SMARTS) is 1. The first-order valence-electron chi connectivity index (χ1n) is 17.3. The van der Waals surface area contributed by atoms with Crippen LogP contribution < -0.4 is 5.32 Å². The summed E-state index contributed by atoms with van der Waals surface area (Å²) in [6.07, 6.45) is 17.6. The molecule has 6 nitrogen and oxygen atoms in total. The lowest BCUT2D eigenvalue weighted by Crippen LogP contribution is -2.52. The van der Waals surface area contributed by atoms with Gasteiger partial charge in [0.15, 0.2) is 0 Å². The Morgan fingerprint density at radius 3 is 2.39 bits per heavy atom. The van der Waals surface area contributed by atoms with Gasteiger partial charge in [0.2, 0.25) is 0 Å². The zero-order valence-corrected chi connectivity index (χ0v) is 28.2. The first kappa shape index (κ1) is 34.4. The van der Waals surface area contributed by atoms with E-state index in [0.717, 1.165) is 47.3 Å². The monoisotopic (exact) mass is 609 g/mol. The van der Waals surface area contributed by atoms with Crippen LogP contribution in [0, 0.1) is 40.4 Å². The summed E-state index contributed by atoms with van der Waals surface area (Å²) in [4.78, 5) is 21.0. The molecular formula is C38H59NO5. The number of allylic oxidation sites excluding steroid dienone is 1. The lowest BCUT2D eigenvalue weighted by Gasteiger charge is -2.60. The Labute approximate surface area is 266 Å². The van der Waals surface area contributed by atoms with Gasteiger partial charge < -0.3 is 19.9 Å². The number of hydrogen-bond acceptors (Lipinski definition) is 4. The molecule has 0 saturated heterocycles. The zero-order valence-electron chi connectivity index (χ0n) is 28.2. The standard InChI is InChI=1S/C28H48O.C10H11NO4/c1-20(29-26(2,3)4)10-9-12-22-14-16-24-23-15-13-21-11-7-8-18-27(21,5)25(23)17-19-28(22,24)6;12-9(6-11-10(13)14)15-7-8-4-2-1-3-5-8/h21-25H,1,7-19H2,2-6H3;1-5,11H,6-7H2,(H,13,14). The summed E-state index contributed by atoms with van der Waals surface area (Å²) in [5, 5.41) is 10.2. The van der Waals surface area contributed by atoms with Crippen LogP contribution in [0.1, 0.15) is 124 Å². The van der Waals surface area contributed by atoms with Crippen LogP contribution in [0.4, 0.5) is 4.79 Å². The number of nitrogens with one attached hydrogen (secondary N) is 1. The summed E-state index contributed by atoms with van der Waals surface area (Å²) in [6.45, 7) is 15.8. The van der Waals surface area contributed by atoms with Crippen molar-refractivity contribution in [1.82, 2.24) is 5.32 Å². The van der Waals surface area contributed by atoms with Gasteiger partial charge in [0.05, 0.1) is 5.76 Å². The average molecular weight is 610 g/mol. The van der Waals surface area contributed by atoms with Crippen molar-refractivity contribution in [3.05, 3.63) is 48.2 Å². The van der Waals surface area contributed by atoms with Crippen molar-refractivity contribution in [3.8, 4) is 0 Å². The normalized spacial score (nSPS) is 32.5. The van der Waals surface area contributed by atoms with E-state index < -0.39 is 12.1 Å². The molecule has 1 amide bonds. The van der Waals surface area contributed by atoms with Crippen LogP contribution >= 0.6 is 0 Å². The predicted octanol–water partition coefficient (Wildman–Crippen LogP) is 9.53. The van der Waals surface area contributed by atoms with Gasteiger partial charge in [0.1, 0.15) is 18.8 Å². The molecule has 44 heavy (non-hydrogen) atoms. The van der Waals surface area contributed by atoms with Crippen LogP contribution in [0.15, 0.2) is 42.7 Å². The van der Waals surface area contributed by atoms with Crippen molar-refractivity contribution in [2.75, 3.05) is 6.54 Å². The third-order valence-corrected chi connectivity index (χ3v) is 11.9. The minimum atomic E-state index is -1.24. The molecule has 0 aliphatic heterocycles. The number of esters is 1. The highest BCUT2D eigenvalue weighted by atomic mass is 16.5. The van der Waals surface area contributed by atoms with E-state index >= 15 is 0 Å². The molecule has 0 heterocycles. The summed E-state index contributed by atoms with van der Waals surface area (Å²) in [6, 6.07) is 9.16. The number of carbonyl (C=O) groups excluding carboxylic acids is 1. The number of carbonyl (C=O) groups is 2. The van der Waals surface area contributed by atoms with Crippen molar-refractivity contribution in [2.24, 2.45) is 40.4 Å². The Morgan fingerprint density at radius 1 is 0.955 bits per heavy atom. The fraction of sp³-hybridized carbons (Fsp3) is 0.737. The van der Waals surface area contributed by atoms with E-state index in [1.165, 1.54) is 64.2 Å². The Bertz CT molecular complexity index is 1110. The zero-order chi connectivity index (χ0) is 32.0. The summed E-state index contributed by atoms with van der Waals surface area (Å²) >= 11 is 0. The number of ether oxygens (including phenoxy) is 2. The lowest BCUT2D eigenvalue weighted by molar-refractivity contribution is -0.143.